The Kier molecular flexibility index (Phi) is 4.98. The molecule has 0 saturated carbocycles. The van der Waals surface area contributed by atoms with Crippen LogP contribution in [0, 0.1) is 11.8 Å². The number of amides is 1. The number of nitrogens with zero attached hydrogens (tertiary/aromatic N) is 1. The zero-order valence-corrected chi connectivity index (χ0v) is 15.2. The lowest BCUT2D eigenvalue weighted by molar-refractivity contribution is 0.143. The van der Waals surface area contributed by atoms with Crippen molar-refractivity contribution in [1.29, 1.82) is 0 Å². The molecule has 4 rings (SSSR count). The molecule has 1 aliphatic rings. The first-order valence-electron chi connectivity index (χ1n) is 9.11. The molecule has 28 heavy (non-hydrogen) atoms. The number of anilines is 1. The summed E-state index contributed by atoms with van der Waals surface area (Å²) in [5.41, 5.74) is 11.0. The Hall–Kier alpha value is -3.72. The number of rotatable bonds is 4. The van der Waals surface area contributed by atoms with Crippen LogP contribution in [0.2, 0.25) is 0 Å². The normalized spacial score (nSPS) is 11.9. The predicted octanol–water partition coefficient (Wildman–Crippen LogP) is 3.27. The number of fused-ring (bicyclic) bond motifs is 3. The number of ether oxygens (including phenoxy) is 1. The lowest BCUT2D eigenvalue weighted by Gasteiger charge is -2.14. The van der Waals surface area contributed by atoms with E-state index in [0.717, 1.165) is 0 Å². The van der Waals surface area contributed by atoms with Crippen molar-refractivity contribution in [3.8, 4) is 23.0 Å². The molecule has 6 nitrogen and oxygen atoms in total. The third kappa shape index (κ3) is 3.69. The third-order valence-electron chi connectivity index (χ3n) is 4.68. The van der Waals surface area contributed by atoms with Crippen LogP contribution >= 0.6 is 0 Å². The second kappa shape index (κ2) is 7.89. The average Bonchev–Trinajstić information content (AvgIpc) is 3.27. The monoisotopic (exact) mass is 372 g/mol. The van der Waals surface area contributed by atoms with Gasteiger partial charge in [0.15, 0.2) is 0 Å². The Labute approximate surface area is 163 Å². The molecule has 0 saturated heterocycles. The van der Waals surface area contributed by atoms with Crippen LogP contribution < -0.4 is 11.1 Å². The van der Waals surface area contributed by atoms with Crippen molar-refractivity contribution in [2.24, 2.45) is 0 Å². The van der Waals surface area contributed by atoms with Crippen LogP contribution in [0.4, 0.5) is 10.6 Å². The van der Waals surface area contributed by atoms with E-state index in [9.17, 15) is 4.79 Å². The number of alkyl carbamates (subject to hydrolysis) is 1. The van der Waals surface area contributed by atoms with Crippen LogP contribution in [0.25, 0.3) is 11.1 Å². The molecule has 1 aromatic heterocycles. The van der Waals surface area contributed by atoms with Crippen molar-refractivity contribution in [2.45, 2.75) is 12.3 Å². The zero-order valence-electron chi connectivity index (χ0n) is 15.2. The minimum absolute atomic E-state index is 0.0591. The molecule has 0 spiro atoms. The van der Waals surface area contributed by atoms with Crippen LogP contribution in [-0.2, 0) is 4.74 Å². The van der Waals surface area contributed by atoms with E-state index < -0.39 is 6.09 Å². The van der Waals surface area contributed by atoms with Gasteiger partial charge in [0.05, 0.1) is 0 Å². The molecular weight excluding hydrogens is 352 g/mol. The van der Waals surface area contributed by atoms with E-state index in [1.54, 1.807) is 6.07 Å². The van der Waals surface area contributed by atoms with E-state index >= 15 is 0 Å². The zero-order chi connectivity index (χ0) is 19.3. The number of aromatic amines is 1. The minimum atomic E-state index is -0.436. The quantitative estimate of drug-likeness (QED) is 0.484. The maximum absolute atomic E-state index is 12.0. The van der Waals surface area contributed by atoms with E-state index in [0.29, 0.717) is 31.1 Å². The summed E-state index contributed by atoms with van der Waals surface area (Å²) in [6.07, 6.45) is 0.0674. The van der Waals surface area contributed by atoms with Gasteiger partial charge in [-0.15, -0.1) is 0 Å². The maximum Gasteiger partial charge on any atom is 0.407 e. The lowest BCUT2D eigenvalue weighted by Crippen LogP contribution is -2.26. The van der Waals surface area contributed by atoms with Gasteiger partial charge in [0.1, 0.15) is 18.1 Å². The molecule has 0 radical (unpaired) electrons. The summed E-state index contributed by atoms with van der Waals surface area (Å²) < 4.78 is 5.48. The molecule has 1 aliphatic carbocycles. The first-order chi connectivity index (χ1) is 13.7. The highest BCUT2D eigenvalue weighted by Crippen LogP contribution is 2.44. The third-order valence-corrected chi connectivity index (χ3v) is 4.68. The van der Waals surface area contributed by atoms with Gasteiger partial charge in [-0.25, -0.2) is 4.79 Å². The summed E-state index contributed by atoms with van der Waals surface area (Å²) in [7, 11) is 0. The van der Waals surface area contributed by atoms with Gasteiger partial charge in [0.25, 0.3) is 0 Å². The fourth-order valence-electron chi connectivity index (χ4n) is 3.44. The van der Waals surface area contributed by atoms with E-state index in [1.807, 2.05) is 24.3 Å². The van der Waals surface area contributed by atoms with Crippen molar-refractivity contribution >= 4 is 11.9 Å². The molecule has 0 aliphatic heterocycles. The summed E-state index contributed by atoms with van der Waals surface area (Å²) in [6, 6.07) is 18.2. The molecular formula is C22H20N4O2. The summed E-state index contributed by atoms with van der Waals surface area (Å²) >= 11 is 0. The van der Waals surface area contributed by atoms with Gasteiger partial charge in [0, 0.05) is 24.9 Å². The van der Waals surface area contributed by atoms with Crippen LogP contribution in [0.3, 0.4) is 0 Å². The standard InChI is InChI=1S/C22H20N4O2/c23-21-13-15(25-26-21)7-5-6-12-24-22(27)28-14-20-18-10-3-1-8-16(18)17-9-2-4-11-19(17)20/h1-4,8-11,13,20H,6,12,14H2,(H,24,27)(H3,23,25,26). The highest BCUT2D eigenvalue weighted by atomic mass is 16.5. The van der Waals surface area contributed by atoms with Crippen LogP contribution in [-0.4, -0.2) is 29.4 Å². The topological polar surface area (TPSA) is 93.0 Å². The molecule has 6 heteroatoms. The molecule has 0 bridgehead atoms. The van der Waals surface area contributed by atoms with Gasteiger partial charge in [-0.05, 0) is 28.2 Å². The average molecular weight is 372 g/mol. The Balaban J connectivity index is 1.30. The van der Waals surface area contributed by atoms with E-state index in [4.69, 9.17) is 10.5 Å². The largest absolute Gasteiger partial charge is 0.449 e. The second-order valence-corrected chi connectivity index (χ2v) is 6.51. The minimum Gasteiger partial charge on any atom is -0.449 e. The maximum atomic E-state index is 12.0. The van der Waals surface area contributed by atoms with Gasteiger partial charge in [-0.1, -0.05) is 54.5 Å². The Morgan fingerprint density at radius 2 is 1.82 bits per heavy atom. The highest BCUT2D eigenvalue weighted by Gasteiger charge is 2.28. The smallest absolute Gasteiger partial charge is 0.407 e. The molecule has 1 amide bonds. The lowest BCUT2D eigenvalue weighted by atomic mass is 9.98. The number of benzene rings is 2. The number of hydrogen-bond acceptors (Lipinski definition) is 4. The highest BCUT2D eigenvalue weighted by molar-refractivity contribution is 5.79. The number of aromatic nitrogens is 2. The van der Waals surface area contributed by atoms with Crippen LogP contribution in [0.5, 0.6) is 0 Å². The van der Waals surface area contributed by atoms with E-state index in [-0.39, 0.29) is 5.92 Å². The van der Waals surface area contributed by atoms with Crippen LogP contribution in [0.15, 0.2) is 54.6 Å². The number of carbonyl (C=O) groups is 1. The number of nitrogens with one attached hydrogen (secondary N) is 2. The number of nitrogen functional groups attached to an aromatic ring is 1. The van der Waals surface area contributed by atoms with Crippen molar-refractivity contribution in [3.63, 3.8) is 0 Å². The van der Waals surface area contributed by atoms with E-state index in [2.05, 4.69) is 51.6 Å². The predicted molar refractivity (Wildman–Crippen MR) is 108 cm³/mol. The van der Waals surface area contributed by atoms with Gasteiger partial charge in [-0.2, -0.15) is 5.10 Å². The van der Waals surface area contributed by atoms with Gasteiger partial charge >= 0.3 is 6.09 Å². The molecule has 2 aromatic carbocycles. The Morgan fingerprint density at radius 3 is 2.46 bits per heavy atom. The number of hydrogen-bond donors (Lipinski definition) is 3. The van der Waals surface area contributed by atoms with E-state index in [1.165, 1.54) is 22.3 Å². The molecule has 0 fully saturated rings. The van der Waals surface area contributed by atoms with Gasteiger partial charge in [0.2, 0.25) is 0 Å². The Morgan fingerprint density at radius 1 is 1.14 bits per heavy atom. The first-order valence-corrected chi connectivity index (χ1v) is 9.11. The summed E-state index contributed by atoms with van der Waals surface area (Å²) in [5.74, 6) is 6.31. The van der Waals surface area contributed by atoms with Crippen molar-refractivity contribution in [1.82, 2.24) is 15.5 Å². The van der Waals surface area contributed by atoms with Gasteiger partial charge in [-0.3, -0.25) is 5.10 Å². The second-order valence-electron chi connectivity index (χ2n) is 6.51. The molecule has 1 heterocycles. The summed E-state index contributed by atoms with van der Waals surface area (Å²) in [4.78, 5) is 12.0. The molecule has 4 N–H and O–H groups in total. The molecule has 0 unspecified atom stereocenters. The Bertz CT molecular complexity index is 1020. The summed E-state index contributed by atoms with van der Waals surface area (Å²) in [5, 5.41) is 9.24. The first kappa shape index (κ1) is 17.7. The summed E-state index contributed by atoms with van der Waals surface area (Å²) in [6.45, 7) is 0.715. The van der Waals surface area contributed by atoms with Crippen LogP contribution in [0.1, 0.15) is 29.2 Å². The fourth-order valence-corrected chi connectivity index (χ4v) is 3.44. The van der Waals surface area contributed by atoms with Crippen molar-refractivity contribution < 1.29 is 9.53 Å². The SMILES string of the molecule is Nc1cc(C#CCCNC(=O)OCC2c3ccccc3-c3ccccc32)[nH]n1. The van der Waals surface area contributed by atoms with Crippen molar-refractivity contribution in [2.75, 3.05) is 18.9 Å². The fraction of sp³-hybridized carbons (Fsp3) is 0.182. The molecule has 140 valence electrons. The molecule has 0 atom stereocenters. The number of nitrogens with two attached hydrogens (primary N) is 1. The number of H-pyrrole nitrogens is 1. The molecule has 3 aromatic rings. The number of carbonyl (C=O) groups excluding carboxylic acids is 1. The van der Waals surface area contributed by atoms with Gasteiger partial charge < -0.3 is 15.8 Å². The van der Waals surface area contributed by atoms with Crippen molar-refractivity contribution in [3.05, 3.63) is 71.4 Å².